The van der Waals surface area contributed by atoms with Gasteiger partial charge < -0.3 is 16.3 Å². The molecule has 0 fully saturated rings. The maximum Gasteiger partial charge on any atom is 0.146 e. The number of rotatable bonds is 6. The van der Waals surface area contributed by atoms with Gasteiger partial charge in [-0.2, -0.15) is 0 Å². The summed E-state index contributed by atoms with van der Waals surface area (Å²) in [6.07, 6.45) is 2.15. The van der Waals surface area contributed by atoms with E-state index in [1.165, 1.54) is 6.07 Å². The highest BCUT2D eigenvalue weighted by atomic mass is 79.9. The predicted octanol–water partition coefficient (Wildman–Crippen LogP) is 2.92. The number of oxime groups is 1. The Kier molecular flexibility index (Phi) is 5.76. The number of benzene rings is 1. The number of nitrogens with two attached hydrogens (primary N) is 1. The van der Waals surface area contributed by atoms with Gasteiger partial charge in [0.15, 0.2) is 0 Å². The van der Waals surface area contributed by atoms with Crippen molar-refractivity contribution in [2.24, 2.45) is 10.9 Å². The van der Waals surface area contributed by atoms with Crippen LogP contribution in [0.3, 0.4) is 0 Å². The molecule has 0 saturated heterocycles. The van der Waals surface area contributed by atoms with Crippen LogP contribution in [0.15, 0.2) is 27.8 Å². The van der Waals surface area contributed by atoms with E-state index in [0.29, 0.717) is 18.7 Å². The Labute approximate surface area is 108 Å². The fourth-order valence-corrected chi connectivity index (χ4v) is 1.70. The van der Waals surface area contributed by atoms with Crippen molar-refractivity contribution in [1.82, 2.24) is 0 Å². The zero-order chi connectivity index (χ0) is 12.7. The van der Waals surface area contributed by atoms with Crippen molar-refractivity contribution in [3.05, 3.63) is 28.5 Å². The van der Waals surface area contributed by atoms with Crippen LogP contribution >= 0.6 is 15.9 Å². The molecule has 1 rings (SSSR count). The standard InChI is InChI=1S/C11H15BrFN3O/c12-8-4-5-9(13)10(7-8)15-6-2-1-3-11(14)16-17/h4-5,7,15,17H,1-3,6H2,(H2,14,16). The van der Waals surface area contributed by atoms with E-state index in [4.69, 9.17) is 10.9 Å². The van der Waals surface area contributed by atoms with Crippen LogP contribution in [0, 0.1) is 5.82 Å². The van der Waals surface area contributed by atoms with Gasteiger partial charge in [-0.3, -0.25) is 0 Å². The lowest BCUT2D eigenvalue weighted by Gasteiger charge is -2.07. The molecule has 0 saturated carbocycles. The minimum atomic E-state index is -0.273. The molecule has 4 N–H and O–H groups in total. The Morgan fingerprint density at radius 2 is 2.24 bits per heavy atom. The lowest BCUT2D eigenvalue weighted by Crippen LogP contribution is -2.12. The summed E-state index contributed by atoms with van der Waals surface area (Å²) in [4.78, 5) is 0. The van der Waals surface area contributed by atoms with Crippen molar-refractivity contribution in [2.75, 3.05) is 11.9 Å². The summed E-state index contributed by atoms with van der Waals surface area (Å²) < 4.78 is 14.1. The number of hydrogen-bond donors (Lipinski definition) is 3. The van der Waals surface area contributed by atoms with E-state index in [2.05, 4.69) is 26.4 Å². The van der Waals surface area contributed by atoms with Crippen LogP contribution in [0.1, 0.15) is 19.3 Å². The summed E-state index contributed by atoms with van der Waals surface area (Å²) in [6.45, 7) is 0.645. The van der Waals surface area contributed by atoms with E-state index in [-0.39, 0.29) is 11.7 Å². The first kappa shape index (κ1) is 13.8. The Bertz CT molecular complexity index is 398. The van der Waals surface area contributed by atoms with Crippen LogP contribution in [0.2, 0.25) is 0 Å². The minimum Gasteiger partial charge on any atom is -0.409 e. The average Bonchev–Trinajstić information content (AvgIpc) is 2.32. The van der Waals surface area contributed by atoms with E-state index < -0.39 is 0 Å². The third-order valence-electron chi connectivity index (χ3n) is 2.23. The molecule has 0 unspecified atom stereocenters. The smallest absolute Gasteiger partial charge is 0.146 e. The normalized spacial score (nSPS) is 11.5. The van der Waals surface area contributed by atoms with Crippen molar-refractivity contribution in [3.8, 4) is 0 Å². The first-order valence-electron chi connectivity index (χ1n) is 5.29. The molecule has 0 spiro atoms. The monoisotopic (exact) mass is 303 g/mol. The topological polar surface area (TPSA) is 70.6 Å². The number of unbranched alkanes of at least 4 members (excludes halogenated alkanes) is 1. The summed E-state index contributed by atoms with van der Waals surface area (Å²) in [5.74, 6) is -0.0525. The van der Waals surface area contributed by atoms with E-state index in [0.717, 1.165) is 17.3 Å². The van der Waals surface area contributed by atoms with E-state index in [1.807, 2.05) is 0 Å². The highest BCUT2D eigenvalue weighted by Gasteiger charge is 2.01. The number of anilines is 1. The maximum absolute atomic E-state index is 13.3. The maximum atomic E-state index is 13.3. The van der Waals surface area contributed by atoms with Crippen molar-refractivity contribution < 1.29 is 9.60 Å². The second-order valence-corrected chi connectivity index (χ2v) is 4.52. The Morgan fingerprint density at radius 3 is 2.94 bits per heavy atom. The van der Waals surface area contributed by atoms with Crippen molar-refractivity contribution in [2.45, 2.75) is 19.3 Å². The Balaban J connectivity index is 2.29. The third kappa shape index (κ3) is 5.04. The number of amidine groups is 1. The van der Waals surface area contributed by atoms with Crippen LogP contribution in [-0.2, 0) is 0 Å². The lowest BCUT2D eigenvalue weighted by atomic mass is 10.2. The van der Waals surface area contributed by atoms with Gasteiger partial charge in [0.2, 0.25) is 0 Å². The Hall–Kier alpha value is -1.30. The molecule has 0 amide bonds. The van der Waals surface area contributed by atoms with Crippen molar-refractivity contribution in [1.29, 1.82) is 0 Å². The number of hydrogen-bond acceptors (Lipinski definition) is 3. The quantitative estimate of drug-likeness (QED) is 0.249. The third-order valence-corrected chi connectivity index (χ3v) is 2.73. The summed E-state index contributed by atoms with van der Waals surface area (Å²) in [5.41, 5.74) is 5.80. The number of halogens is 2. The molecule has 6 heteroatoms. The predicted molar refractivity (Wildman–Crippen MR) is 69.8 cm³/mol. The first-order chi connectivity index (χ1) is 8.13. The molecule has 0 radical (unpaired) electrons. The molecule has 0 aliphatic carbocycles. The number of nitrogens with one attached hydrogen (secondary N) is 1. The summed E-state index contributed by atoms with van der Waals surface area (Å²) in [6, 6.07) is 4.75. The van der Waals surface area contributed by atoms with Gasteiger partial charge in [0, 0.05) is 17.4 Å². The van der Waals surface area contributed by atoms with Gasteiger partial charge in [-0.25, -0.2) is 4.39 Å². The van der Waals surface area contributed by atoms with Gasteiger partial charge in [0.05, 0.1) is 5.69 Å². The Morgan fingerprint density at radius 1 is 1.47 bits per heavy atom. The fraction of sp³-hybridized carbons (Fsp3) is 0.364. The molecule has 4 nitrogen and oxygen atoms in total. The average molecular weight is 304 g/mol. The van der Waals surface area contributed by atoms with E-state index in [9.17, 15) is 4.39 Å². The van der Waals surface area contributed by atoms with Gasteiger partial charge in [0.25, 0.3) is 0 Å². The van der Waals surface area contributed by atoms with Gasteiger partial charge in [0.1, 0.15) is 11.7 Å². The van der Waals surface area contributed by atoms with Crippen LogP contribution in [0.25, 0.3) is 0 Å². The highest BCUT2D eigenvalue weighted by Crippen LogP contribution is 2.19. The van der Waals surface area contributed by atoms with Gasteiger partial charge >= 0.3 is 0 Å². The van der Waals surface area contributed by atoms with Gasteiger partial charge in [-0.15, -0.1) is 0 Å². The second kappa shape index (κ2) is 7.11. The molecule has 94 valence electrons. The molecular weight excluding hydrogens is 289 g/mol. The van der Waals surface area contributed by atoms with Crippen LogP contribution in [0.5, 0.6) is 0 Å². The van der Waals surface area contributed by atoms with Gasteiger partial charge in [-0.1, -0.05) is 21.1 Å². The van der Waals surface area contributed by atoms with Crippen molar-refractivity contribution in [3.63, 3.8) is 0 Å². The number of nitrogens with zero attached hydrogens (tertiary/aromatic N) is 1. The lowest BCUT2D eigenvalue weighted by molar-refractivity contribution is 0.316. The largest absolute Gasteiger partial charge is 0.409 e. The molecule has 1 aromatic rings. The van der Waals surface area contributed by atoms with Crippen LogP contribution in [-0.4, -0.2) is 17.6 Å². The SMILES string of the molecule is NC(CCCCNc1cc(Br)ccc1F)=NO. The molecular formula is C11H15BrFN3O. The first-order valence-corrected chi connectivity index (χ1v) is 6.08. The van der Waals surface area contributed by atoms with Crippen LogP contribution in [0.4, 0.5) is 10.1 Å². The highest BCUT2D eigenvalue weighted by molar-refractivity contribution is 9.10. The molecule has 0 bridgehead atoms. The fourth-order valence-electron chi connectivity index (χ4n) is 1.34. The second-order valence-electron chi connectivity index (χ2n) is 3.60. The van der Waals surface area contributed by atoms with Gasteiger partial charge in [-0.05, 0) is 31.0 Å². The molecule has 17 heavy (non-hydrogen) atoms. The molecule has 0 aromatic heterocycles. The van der Waals surface area contributed by atoms with E-state index >= 15 is 0 Å². The zero-order valence-electron chi connectivity index (χ0n) is 9.29. The molecule has 0 heterocycles. The van der Waals surface area contributed by atoms with Crippen molar-refractivity contribution >= 4 is 27.5 Å². The minimum absolute atomic E-state index is 0.221. The van der Waals surface area contributed by atoms with Crippen LogP contribution < -0.4 is 11.1 Å². The molecule has 0 aliphatic heterocycles. The molecule has 0 atom stereocenters. The summed E-state index contributed by atoms with van der Waals surface area (Å²) in [7, 11) is 0. The molecule has 0 aliphatic rings. The summed E-state index contributed by atoms with van der Waals surface area (Å²) >= 11 is 3.28. The summed E-state index contributed by atoms with van der Waals surface area (Å²) in [5, 5.41) is 14.2. The zero-order valence-corrected chi connectivity index (χ0v) is 10.9. The molecule has 1 aromatic carbocycles. The van der Waals surface area contributed by atoms with E-state index in [1.54, 1.807) is 12.1 Å².